The molecule has 1 fully saturated rings. The van der Waals surface area contributed by atoms with Gasteiger partial charge < -0.3 is 9.80 Å². The summed E-state index contributed by atoms with van der Waals surface area (Å²) < 4.78 is 0. The van der Waals surface area contributed by atoms with Crippen molar-refractivity contribution in [1.29, 1.82) is 0 Å². The van der Waals surface area contributed by atoms with Crippen molar-refractivity contribution < 1.29 is 0 Å². The van der Waals surface area contributed by atoms with Crippen molar-refractivity contribution in [3.63, 3.8) is 0 Å². The highest BCUT2D eigenvalue weighted by Crippen LogP contribution is 2.24. The summed E-state index contributed by atoms with van der Waals surface area (Å²) in [6.07, 6.45) is 56.0. The smallest absolute Gasteiger partial charge is 0.0110 e. The van der Waals surface area contributed by atoms with E-state index in [4.69, 9.17) is 0 Å². The van der Waals surface area contributed by atoms with E-state index in [0.29, 0.717) is 0 Å². The fourth-order valence-corrected chi connectivity index (χ4v) is 6.76. The van der Waals surface area contributed by atoms with Crippen molar-refractivity contribution in [3.8, 4) is 0 Å². The lowest BCUT2D eigenvalue weighted by Crippen LogP contribution is -2.44. The number of piperazine rings is 1. The van der Waals surface area contributed by atoms with E-state index in [1.54, 1.807) is 0 Å². The fraction of sp³-hybridized carbons (Fsp3) is 0.818. The summed E-state index contributed by atoms with van der Waals surface area (Å²) in [5.41, 5.74) is 0. The molecule has 0 aromatic heterocycles. The first kappa shape index (κ1) is 42.9. The molecule has 268 valence electrons. The Morgan fingerprint density at radius 1 is 0.413 bits per heavy atom. The molecule has 0 N–H and O–H groups in total. The van der Waals surface area contributed by atoms with Crippen LogP contribution in [0.15, 0.2) is 48.6 Å². The first-order valence-corrected chi connectivity index (χ1v) is 20.8. The minimum absolute atomic E-state index is 0.972. The maximum Gasteiger partial charge on any atom is 0.0110 e. The van der Waals surface area contributed by atoms with Gasteiger partial charge in [0.1, 0.15) is 0 Å². The zero-order valence-electron chi connectivity index (χ0n) is 31.7. The van der Waals surface area contributed by atoms with Gasteiger partial charge in [-0.3, -0.25) is 0 Å². The average Bonchev–Trinajstić information content (AvgIpc) is 3.06. The molecule has 1 unspecified atom stereocenters. The Kier molecular flexibility index (Phi) is 32.8. The van der Waals surface area contributed by atoms with Gasteiger partial charge in [0.25, 0.3) is 0 Å². The van der Waals surface area contributed by atoms with E-state index in [9.17, 15) is 0 Å². The second-order valence-electron chi connectivity index (χ2n) is 14.5. The van der Waals surface area contributed by atoms with Gasteiger partial charge in [0.2, 0.25) is 0 Å². The van der Waals surface area contributed by atoms with Crippen LogP contribution in [0.2, 0.25) is 0 Å². The van der Waals surface area contributed by atoms with Crippen LogP contribution in [-0.4, -0.2) is 49.6 Å². The van der Waals surface area contributed by atoms with Gasteiger partial charge in [0, 0.05) is 26.2 Å². The van der Waals surface area contributed by atoms with Crippen LogP contribution in [-0.2, 0) is 0 Å². The Morgan fingerprint density at radius 2 is 0.804 bits per heavy atom. The molecule has 0 aliphatic carbocycles. The molecule has 0 aromatic rings. The predicted octanol–water partition coefficient (Wildman–Crippen LogP) is 13.6. The highest BCUT2D eigenvalue weighted by molar-refractivity contribution is 4.93. The van der Waals surface area contributed by atoms with Crippen LogP contribution in [0, 0.1) is 5.92 Å². The van der Waals surface area contributed by atoms with E-state index in [1.165, 1.54) is 193 Å². The predicted molar refractivity (Wildman–Crippen MR) is 210 cm³/mol. The van der Waals surface area contributed by atoms with Crippen LogP contribution >= 0.6 is 0 Å². The zero-order chi connectivity index (χ0) is 33.0. The Bertz CT molecular complexity index is 711. The second kappa shape index (κ2) is 35.2. The number of unbranched alkanes of at least 4 members (excludes halogenated alkanes) is 17. The third kappa shape index (κ3) is 30.2. The number of nitrogens with zero attached hydrogens (tertiary/aromatic N) is 2. The molecule has 46 heavy (non-hydrogen) atoms. The van der Waals surface area contributed by atoms with E-state index in [2.05, 4.69) is 79.3 Å². The number of hydrogen-bond donors (Lipinski definition) is 0. The minimum atomic E-state index is 0.972. The molecule has 0 radical (unpaired) electrons. The number of likely N-dealkylation sites (N-methyl/N-ethyl adjacent to an activating group) is 1. The van der Waals surface area contributed by atoms with Gasteiger partial charge in [-0.1, -0.05) is 165 Å². The summed E-state index contributed by atoms with van der Waals surface area (Å²) in [6.45, 7) is 10.9. The SMILES string of the molecule is CCCC/C=C\C/C=C\CCCCCCCCC(CCCCCCCC/C=C\C/C=C\CCCCC)CCCN1CCN(C)CC1. The Hall–Kier alpha value is -1.12. The molecule has 1 aliphatic heterocycles. The van der Waals surface area contributed by atoms with E-state index in [-0.39, 0.29) is 0 Å². The van der Waals surface area contributed by atoms with Crippen molar-refractivity contribution >= 4 is 0 Å². The third-order valence-electron chi connectivity index (χ3n) is 10.1. The van der Waals surface area contributed by atoms with E-state index in [1.807, 2.05) is 0 Å². The minimum Gasteiger partial charge on any atom is -0.304 e. The van der Waals surface area contributed by atoms with E-state index in [0.717, 1.165) is 18.8 Å². The molecule has 1 rings (SSSR count). The maximum atomic E-state index is 2.72. The summed E-state index contributed by atoms with van der Waals surface area (Å²) in [6, 6.07) is 0. The summed E-state index contributed by atoms with van der Waals surface area (Å²) in [7, 11) is 2.27. The number of allylic oxidation sites excluding steroid dienone is 8. The molecule has 2 heteroatoms. The normalized spacial score (nSPS) is 15.9. The summed E-state index contributed by atoms with van der Waals surface area (Å²) in [4.78, 5) is 5.20. The van der Waals surface area contributed by atoms with Crippen molar-refractivity contribution in [2.24, 2.45) is 5.92 Å². The van der Waals surface area contributed by atoms with Gasteiger partial charge in [0.15, 0.2) is 0 Å². The molecule has 1 heterocycles. The van der Waals surface area contributed by atoms with E-state index >= 15 is 0 Å². The van der Waals surface area contributed by atoms with Gasteiger partial charge in [0.05, 0.1) is 0 Å². The molecule has 0 saturated carbocycles. The molecular formula is C44H82N2. The van der Waals surface area contributed by atoms with Gasteiger partial charge in [-0.2, -0.15) is 0 Å². The maximum absolute atomic E-state index is 2.72. The van der Waals surface area contributed by atoms with Crippen LogP contribution < -0.4 is 0 Å². The first-order chi connectivity index (χ1) is 22.8. The largest absolute Gasteiger partial charge is 0.304 e. The summed E-state index contributed by atoms with van der Waals surface area (Å²) in [5, 5.41) is 0. The topological polar surface area (TPSA) is 6.48 Å². The number of hydrogen-bond acceptors (Lipinski definition) is 2. The van der Waals surface area contributed by atoms with Crippen molar-refractivity contribution in [2.45, 2.75) is 187 Å². The van der Waals surface area contributed by atoms with Gasteiger partial charge in [-0.05, 0) is 90.1 Å². The molecule has 0 amide bonds. The molecule has 1 saturated heterocycles. The molecule has 2 nitrogen and oxygen atoms in total. The molecule has 0 bridgehead atoms. The molecule has 0 aromatic carbocycles. The van der Waals surface area contributed by atoms with Gasteiger partial charge in [-0.25, -0.2) is 0 Å². The first-order valence-electron chi connectivity index (χ1n) is 20.8. The second-order valence-corrected chi connectivity index (χ2v) is 14.5. The van der Waals surface area contributed by atoms with Crippen LogP contribution in [0.5, 0.6) is 0 Å². The zero-order valence-corrected chi connectivity index (χ0v) is 31.7. The Morgan fingerprint density at radius 3 is 1.28 bits per heavy atom. The lowest BCUT2D eigenvalue weighted by atomic mass is 9.90. The summed E-state index contributed by atoms with van der Waals surface area (Å²) in [5.74, 6) is 0.972. The average molecular weight is 639 g/mol. The van der Waals surface area contributed by atoms with Gasteiger partial charge in [-0.15, -0.1) is 0 Å². The quantitative estimate of drug-likeness (QED) is 0.0521. The van der Waals surface area contributed by atoms with Crippen LogP contribution in [0.4, 0.5) is 0 Å². The molecular weight excluding hydrogens is 556 g/mol. The molecule has 1 atom stereocenters. The Labute approximate surface area is 290 Å². The highest BCUT2D eigenvalue weighted by Gasteiger charge is 2.14. The lowest BCUT2D eigenvalue weighted by Gasteiger charge is -2.32. The standard InChI is InChI=1S/C44H82N2/c1-4-6-8-10-12-14-16-18-20-22-24-26-28-30-32-34-37-44(38-35-39-46-42-40-45(3)41-43-46)36-33-31-29-27-25-23-21-19-17-15-13-11-9-7-5-2/h11-14,17-20,44H,4-10,15-16,21-43H2,1-3H3/b13-11-,14-12-,19-17-,20-18-. The van der Waals surface area contributed by atoms with Crippen LogP contribution in [0.3, 0.4) is 0 Å². The molecule has 1 aliphatic rings. The van der Waals surface area contributed by atoms with Crippen molar-refractivity contribution in [3.05, 3.63) is 48.6 Å². The fourth-order valence-electron chi connectivity index (χ4n) is 6.76. The molecule has 0 spiro atoms. The monoisotopic (exact) mass is 639 g/mol. The Balaban J connectivity index is 2.12. The lowest BCUT2D eigenvalue weighted by molar-refractivity contribution is 0.149. The van der Waals surface area contributed by atoms with E-state index < -0.39 is 0 Å². The summed E-state index contributed by atoms with van der Waals surface area (Å²) >= 11 is 0. The van der Waals surface area contributed by atoms with Crippen molar-refractivity contribution in [1.82, 2.24) is 9.80 Å². The van der Waals surface area contributed by atoms with Gasteiger partial charge >= 0.3 is 0 Å². The van der Waals surface area contributed by atoms with Crippen molar-refractivity contribution in [2.75, 3.05) is 39.8 Å². The van der Waals surface area contributed by atoms with Crippen LogP contribution in [0.25, 0.3) is 0 Å². The highest BCUT2D eigenvalue weighted by atomic mass is 15.2. The third-order valence-corrected chi connectivity index (χ3v) is 10.1. The number of rotatable bonds is 33. The van der Waals surface area contributed by atoms with Crippen LogP contribution in [0.1, 0.15) is 187 Å².